The molecule has 1 aliphatic rings. The van der Waals surface area contributed by atoms with Gasteiger partial charge in [-0.3, -0.25) is 5.10 Å². The van der Waals surface area contributed by atoms with Gasteiger partial charge in [0.1, 0.15) is 5.76 Å². The predicted octanol–water partition coefficient (Wildman–Crippen LogP) is 4.70. The summed E-state index contributed by atoms with van der Waals surface area (Å²) in [6.07, 6.45) is 20.9. The van der Waals surface area contributed by atoms with Crippen LogP contribution in [0, 0.1) is 0 Å². The van der Waals surface area contributed by atoms with Crippen LogP contribution in [0.4, 0.5) is 5.69 Å². The number of aromatic nitrogens is 2. The minimum atomic E-state index is -0.189. The second-order valence-corrected chi connectivity index (χ2v) is 7.00. The molecule has 0 fully saturated rings. The molecule has 0 amide bonds. The maximum absolute atomic E-state index is 6.00. The van der Waals surface area contributed by atoms with Gasteiger partial charge >= 0.3 is 0 Å². The summed E-state index contributed by atoms with van der Waals surface area (Å²) in [4.78, 5) is 0. The average molecular weight is 349 g/mol. The fraction of sp³-hybridized carbons (Fsp3) is 0.650. The van der Waals surface area contributed by atoms with E-state index in [1.807, 2.05) is 19.1 Å². The number of H-pyrrole nitrogens is 1. The van der Waals surface area contributed by atoms with Crippen LogP contribution >= 0.6 is 0 Å². The Hall–Kier alpha value is -1.75. The summed E-state index contributed by atoms with van der Waals surface area (Å²) in [5, 5.41) is 6.13. The molecule has 1 heterocycles. The van der Waals surface area contributed by atoms with Crippen molar-refractivity contribution in [2.45, 2.75) is 77.2 Å². The average Bonchev–Trinajstić information content (AvgIpc) is 3.06. The summed E-state index contributed by atoms with van der Waals surface area (Å²) in [5.41, 5.74) is 11.7. The predicted molar refractivity (Wildman–Crippen MR) is 106 cm³/mol. The molecule has 1 aromatic rings. The van der Waals surface area contributed by atoms with Crippen molar-refractivity contribution in [1.29, 1.82) is 0 Å². The molecular weight excluding hydrogens is 312 g/mol. The lowest BCUT2D eigenvalue weighted by atomic mass is 9.94. The normalized spacial score (nSPS) is 19.1. The van der Waals surface area contributed by atoms with E-state index in [2.05, 4.69) is 23.2 Å². The fourth-order valence-electron chi connectivity index (χ4n) is 2.52. The third-order valence-corrected chi connectivity index (χ3v) is 4.16. The quantitative estimate of drug-likeness (QED) is 0.535. The van der Waals surface area contributed by atoms with Gasteiger partial charge in [0.05, 0.1) is 18.5 Å². The molecule has 0 spiro atoms. The van der Waals surface area contributed by atoms with Crippen LogP contribution in [0.5, 0.6) is 0 Å². The summed E-state index contributed by atoms with van der Waals surface area (Å²) in [5.74, 6) is 0.992. The number of hydrogen-bond donors (Lipinski definition) is 3. The van der Waals surface area contributed by atoms with E-state index < -0.39 is 0 Å². The number of aromatic amines is 1. The molecule has 1 aromatic heterocycles. The number of nitrogens with two attached hydrogens (primary N) is 2. The molecule has 0 saturated carbocycles. The topological polar surface area (TPSA) is 89.9 Å². The molecule has 0 aromatic carbocycles. The molecular formula is C20H36N4O. The van der Waals surface area contributed by atoms with Crippen molar-refractivity contribution in [3.8, 4) is 0 Å². The summed E-state index contributed by atoms with van der Waals surface area (Å²) in [6, 6.07) is 0. The molecule has 5 nitrogen and oxygen atoms in total. The van der Waals surface area contributed by atoms with Crippen molar-refractivity contribution in [3.63, 3.8) is 0 Å². The van der Waals surface area contributed by atoms with Crippen LogP contribution in [0.1, 0.15) is 71.6 Å². The third kappa shape index (κ3) is 11.4. The zero-order valence-corrected chi connectivity index (χ0v) is 16.0. The zero-order chi connectivity index (χ0) is 18.4. The van der Waals surface area contributed by atoms with Crippen LogP contribution in [-0.2, 0) is 4.74 Å². The minimum absolute atomic E-state index is 0.189. The molecule has 1 aliphatic carbocycles. The summed E-state index contributed by atoms with van der Waals surface area (Å²) in [6.45, 7) is 5.14. The smallest absolute Gasteiger partial charge is 0.115 e. The first-order chi connectivity index (χ1) is 12.0. The Labute approximate surface area is 152 Å². The number of nitrogens with one attached hydrogen (secondary N) is 1. The third-order valence-electron chi connectivity index (χ3n) is 4.16. The second kappa shape index (κ2) is 12.6. The van der Waals surface area contributed by atoms with Crippen LogP contribution in [0.2, 0.25) is 0 Å². The molecule has 1 atom stereocenters. The standard InChI is InChI=1S/C17H31NO.C3H5N3/c1-3-4-5-6-7-8-9-10-15-19-16-11-13-17(2,18)14-12-16;4-3-1-5-6-2-3/h11-13H,3-10,14-15,18H2,1-2H3;1-2H,4H2,(H,5,6). The van der Waals surface area contributed by atoms with Crippen LogP contribution < -0.4 is 11.5 Å². The maximum Gasteiger partial charge on any atom is 0.115 e. The number of anilines is 1. The van der Waals surface area contributed by atoms with Crippen LogP contribution in [0.25, 0.3) is 0 Å². The first-order valence-electron chi connectivity index (χ1n) is 9.59. The van der Waals surface area contributed by atoms with E-state index in [0.29, 0.717) is 5.69 Å². The first kappa shape index (κ1) is 21.3. The van der Waals surface area contributed by atoms with Crippen molar-refractivity contribution >= 4 is 5.69 Å². The highest BCUT2D eigenvalue weighted by molar-refractivity contribution is 5.29. The largest absolute Gasteiger partial charge is 0.494 e. The van der Waals surface area contributed by atoms with E-state index in [4.69, 9.17) is 16.2 Å². The highest BCUT2D eigenvalue weighted by atomic mass is 16.5. The molecule has 5 N–H and O–H groups in total. The number of nitrogens with zero attached hydrogens (tertiary/aromatic N) is 1. The molecule has 2 rings (SSSR count). The Kier molecular flexibility index (Phi) is 10.7. The number of unbranched alkanes of at least 4 members (excludes halogenated alkanes) is 7. The number of nitrogen functional groups attached to an aromatic ring is 1. The van der Waals surface area contributed by atoms with Crippen molar-refractivity contribution in [2.24, 2.45) is 5.73 Å². The minimum Gasteiger partial charge on any atom is -0.494 e. The Bertz CT molecular complexity index is 492. The van der Waals surface area contributed by atoms with Gasteiger partial charge in [0, 0.05) is 11.7 Å². The van der Waals surface area contributed by atoms with Gasteiger partial charge in [-0.15, -0.1) is 0 Å². The van der Waals surface area contributed by atoms with Crippen molar-refractivity contribution in [3.05, 3.63) is 36.4 Å². The van der Waals surface area contributed by atoms with Gasteiger partial charge in [0.25, 0.3) is 0 Å². The molecule has 5 heteroatoms. The Morgan fingerprint density at radius 3 is 2.32 bits per heavy atom. The summed E-state index contributed by atoms with van der Waals surface area (Å²) in [7, 11) is 0. The first-order valence-corrected chi connectivity index (χ1v) is 9.59. The van der Waals surface area contributed by atoms with Gasteiger partial charge in [-0.2, -0.15) is 5.10 Å². The molecule has 0 aliphatic heterocycles. The van der Waals surface area contributed by atoms with Crippen molar-refractivity contribution in [1.82, 2.24) is 10.2 Å². The number of hydrogen-bond acceptors (Lipinski definition) is 4. The molecule has 142 valence electrons. The molecule has 0 radical (unpaired) electrons. The number of ether oxygens (including phenoxy) is 1. The number of rotatable bonds is 10. The monoisotopic (exact) mass is 348 g/mol. The fourth-order valence-corrected chi connectivity index (χ4v) is 2.52. The van der Waals surface area contributed by atoms with E-state index >= 15 is 0 Å². The lowest BCUT2D eigenvalue weighted by Crippen LogP contribution is -2.34. The van der Waals surface area contributed by atoms with E-state index in [0.717, 1.165) is 18.8 Å². The van der Waals surface area contributed by atoms with Gasteiger partial charge in [-0.05, 0) is 31.9 Å². The van der Waals surface area contributed by atoms with E-state index in [1.54, 1.807) is 12.4 Å². The van der Waals surface area contributed by atoms with Gasteiger partial charge in [-0.1, -0.05) is 57.9 Å². The van der Waals surface area contributed by atoms with Gasteiger partial charge < -0.3 is 16.2 Å². The summed E-state index contributed by atoms with van der Waals surface area (Å²) < 4.78 is 5.74. The zero-order valence-electron chi connectivity index (χ0n) is 16.0. The van der Waals surface area contributed by atoms with Gasteiger partial charge in [0.15, 0.2) is 0 Å². The maximum atomic E-state index is 6.00. The van der Waals surface area contributed by atoms with E-state index in [-0.39, 0.29) is 5.54 Å². The molecule has 0 saturated heterocycles. The van der Waals surface area contributed by atoms with E-state index in [1.165, 1.54) is 51.4 Å². The van der Waals surface area contributed by atoms with Gasteiger partial charge in [-0.25, -0.2) is 0 Å². The van der Waals surface area contributed by atoms with Crippen LogP contribution in [0.3, 0.4) is 0 Å². The molecule has 1 unspecified atom stereocenters. The molecule has 0 bridgehead atoms. The number of allylic oxidation sites excluding steroid dienone is 1. The van der Waals surface area contributed by atoms with Crippen molar-refractivity contribution < 1.29 is 4.74 Å². The second-order valence-electron chi connectivity index (χ2n) is 7.00. The van der Waals surface area contributed by atoms with Gasteiger partial charge in [0.2, 0.25) is 0 Å². The summed E-state index contributed by atoms with van der Waals surface area (Å²) >= 11 is 0. The lowest BCUT2D eigenvalue weighted by molar-refractivity contribution is 0.213. The molecule has 25 heavy (non-hydrogen) atoms. The Balaban J connectivity index is 0.000000435. The Morgan fingerprint density at radius 2 is 1.84 bits per heavy atom. The Morgan fingerprint density at radius 1 is 1.16 bits per heavy atom. The lowest BCUT2D eigenvalue weighted by Gasteiger charge is -2.22. The SMILES string of the molecule is CCCCCCCCCCOC1=CCC(C)(N)C=C1.Nc1cn[nH]c1. The van der Waals surface area contributed by atoms with Crippen molar-refractivity contribution in [2.75, 3.05) is 12.3 Å². The van der Waals surface area contributed by atoms with E-state index in [9.17, 15) is 0 Å². The van der Waals surface area contributed by atoms with Crippen LogP contribution in [0.15, 0.2) is 36.4 Å². The highest BCUT2D eigenvalue weighted by Crippen LogP contribution is 2.18. The highest BCUT2D eigenvalue weighted by Gasteiger charge is 2.16. The van der Waals surface area contributed by atoms with Crippen LogP contribution in [-0.4, -0.2) is 22.3 Å².